The summed E-state index contributed by atoms with van der Waals surface area (Å²) in [6.45, 7) is 5.46. The predicted octanol–water partition coefficient (Wildman–Crippen LogP) is 3.01. The molecule has 3 aromatic heterocycles. The van der Waals surface area contributed by atoms with Gasteiger partial charge < -0.3 is 0 Å². The summed E-state index contributed by atoms with van der Waals surface area (Å²) in [6.07, 6.45) is 7.23. The van der Waals surface area contributed by atoms with Crippen LogP contribution in [0.5, 0.6) is 0 Å². The van der Waals surface area contributed by atoms with Crippen LogP contribution in [0.2, 0.25) is 0 Å². The second-order valence-electron chi connectivity index (χ2n) is 6.21. The van der Waals surface area contributed by atoms with E-state index in [2.05, 4.69) is 48.4 Å². The summed E-state index contributed by atoms with van der Waals surface area (Å²) >= 11 is 1.86. The van der Waals surface area contributed by atoms with Crippen LogP contribution in [0.15, 0.2) is 30.0 Å². The Balaban J connectivity index is 1.38. The largest absolute Gasteiger partial charge is 0.298 e. The average Bonchev–Trinajstić information content (AvgIpc) is 3.26. The number of nitrogens with one attached hydrogen (secondary N) is 1. The molecule has 0 saturated carbocycles. The van der Waals surface area contributed by atoms with E-state index in [0.717, 1.165) is 38.3 Å². The van der Waals surface area contributed by atoms with Gasteiger partial charge in [-0.05, 0) is 49.9 Å². The molecule has 1 fully saturated rings. The summed E-state index contributed by atoms with van der Waals surface area (Å²) in [7, 11) is 0. The predicted molar refractivity (Wildman–Crippen MR) is 93.7 cm³/mol. The molecule has 124 valence electrons. The van der Waals surface area contributed by atoms with Gasteiger partial charge in [0.05, 0.1) is 6.20 Å². The lowest BCUT2D eigenvalue weighted by molar-refractivity contribution is 0.203. The number of piperidine rings is 1. The second-order valence-corrected chi connectivity index (χ2v) is 7.21. The van der Waals surface area contributed by atoms with E-state index in [0.29, 0.717) is 17.4 Å². The van der Waals surface area contributed by atoms with Gasteiger partial charge in [-0.2, -0.15) is 5.10 Å². The molecule has 0 unspecified atom stereocenters. The number of rotatable bonds is 4. The lowest BCUT2D eigenvalue weighted by atomic mass is 9.96. The van der Waals surface area contributed by atoms with Crippen molar-refractivity contribution in [3.8, 4) is 11.5 Å². The number of thiophene rings is 1. The van der Waals surface area contributed by atoms with Gasteiger partial charge in [0.1, 0.15) is 11.5 Å². The number of likely N-dealkylation sites (tertiary alicyclic amines) is 1. The maximum atomic E-state index is 4.63. The fourth-order valence-electron chi connectivity index (χ4n) is 3.12. The normalized spacial score (nSPS) is 16.5. The van der Waals surface area contributed by atoms with Crippen molar-refractivity contribution >= 4 is 11.3 Å². The fourth-order valence-corrected chi connectivity index (χ4v) is 4.07. The molecule has 1 aliphatic heterocycles. The minimum absolute atomic E-state index is 0.448. The molecule has 1 N–H and O–H groups in total. The molecule has 24 heavy (non-hydrogen) atoms. The van der Waals surface area contributed by atoms with Crippen LogP contribution >= 0.6 is 11.3 Å². The van der Waals surface area contributed by atoms with Crippen molar-refractivity contribution < 1.29 is 0 Å². The zero-order chi connectivity index (χ0) is 16.4. The molecule has 0 aliphatic carbocycles. The van der Waals surface area contributed by atoms with Gasteiger partial charge in [0.25, 0.3) is 0 Å². The van der Waals surface area contributed by atoms with Crippen molar-refractivity contribution in [2.45, 2.75) is 32.2 Å². The quantitative estimate of drug-likeness (QED) is 0.790. The average molecular weight is 340 g/mol. The molecule has 0 radical (unpaired) electrons. The molecule has 0 aromatic carbocycles. The number of hydrogen-bond acceptors (Lipinski definition) is 6. The molecule has 4 heterocycles. The molecule has 1 aliphatic rings. The summed E-state index contributed by atoms with van der Waals surface area (Å²) < 4.78 is 0. The number of aromatic nitrogens is 5. The maximum Gasteiger partial charge on any atom is 0.201 e. The summed E-state index contributed by atoms with van der Waals surface area (Å²) in [5, 5.41) is 9.58. The Labute approximate surface area is 145 Å². The van der Waals surface area contributed by atoms with Gasteiger partial charge in [0.2, 0.25) is 5.82 Å². The van der Waals surface area contributed by atoms with Gasteiger partial charge in [-0.15, -0.1) is 11.3 Å². The first-order valence-corrected chi connectivity index (χ1v) is 9.11. The molecule has 7 heteroatoms. The molecule has 3 aromatic rings. The van der Waals surface area contributed by atoms with E-state index in [1.807, 2.05) is 11.3 Å². The second kappa shape index (κ2) is 6.78. The zero-order valence-corrected chi connectivity index (χ0v) is 14.5. The molecule has 0 atom stereocenters. The molecular weight excluding hydrogens is 320 g/mol. The van der Waals surface area contributed by atoms with Crippen molar-refractivity contribution in [3.63, 3.8) is 0 Å². The van der Waals surface area contributed by atoms with Gasteiger partial charge in [-0.25, -0.2) is 9.97 Å². The van der Waals surface area contributed by atoms with Gasteiger partial charge in [-0.3, -0.25) is 15.0 Å². The third-order valence-corrected chi connectivity index (χ3v) is 5.61. The van der Waals surface area contributed by atoms with E-state index >= 15 is 0 Å². The number of nitrogens with zero attached hydrogens (tertiary/aromatic N) is 5. The summed E-state index contributed by atoms with van der Waals surface area (Å²) in [4.78, 5) is 17.0. The van der Waals surface area contributed by atoms with E-state index in [4.69, 9.17) is 0 Å². The van der Waals surface area contributed by atoms with Gasteiger partial charge in [0.15, 0.2) is 0 Å². The van der Waals surface area contributed by atoms with Crippen LogP contribution in [-0.4, -0.2) is 43.1 Å². The van der Waals surface area contributed by atoms with Gasteiger partial charge in [0, 0.05) is 29.7 Å². The minimum atomic E-state index is 0.448. The van der Waals surface area contributed by atoms with E-state index in [-0.39, 0.29) is 0 Å². The first-order chi connectivity index (χ1) is 11.8. The smallest absolute Gasteiger partial charge is 0.201 e. The summed E-state index contributed by atoms with van der Waals surface area (Å²) in [5.41, 5.74) is 2.12. The van der Waals surface area contributed by atoms with Crippen molar-refractivity contribution in [2.24, 2.45) is 0 Å². The molecule has 4 rings (SSSR count). The Morgan fingerprint density at radius 3 is 2.88 bits per heavy atom. The van der Waals surface area contributed by atoms with Crippen LogP contribution in [0.1, 0.15) is 35.0 Å². The van der Waals surface area contributed by atoms with Crippen molar-refractivity contribution in [1.29, 1.82) is 0 Å². The van der Waals surface area contributed by atoms with E-state index in [1.165, 1.54) is 10.4 Å². The number of aryl methyl sites for hydroxylation is 1. The highest BCUT2D eigenvalue weighted by atomic mass is 32.1. The Morgan fingerprint density at radius 1 is 1.29 bits per heavy atom. The Hall–Kier alpha value is -2.12. The highest BCUT2D eigenvalue weighted by Gasteiger charge is 2.24. The van der Waals surface area contributed by atoms with Crippen LogP contribution in [0.25, 0.3) is 11.5 Å². The SMILES string of the molecule is Cc1ccsc1CN1CCC(c2nc(-c3cnccn3)n[nH]2)CC1. The maximum absolute atomic E-state index is 4.63. The number of H-pyrrole nitrogens is 1. The molecule has 0 amide bonds. The molecular formula is C17H20N6S. The van der Waals surface area contributed by atoms with Crippen LogP contribution in [-0.2, 0) is 6.54 Å². The Morgan fingerprint density at radius 2 is 2.17 bits per heavy atom. The van der Waals surface area contributed by atoms with Crippen molar-refractivity contribution in [2.75, 3.05) is 13.1 Å². The van der Waals surface area contributed by atoms with Gasteiger partial charge >= 0.3 is 0 Å². The highest BCUT2D eigenvalue weighted by molar-refractivity contribution is 7.10. The third-order valence-electron chi connectivity index (χ3n) is 4.60. The summed E-state index contributed by atoms with van der Waals surface area (Å²) in [5.74, 6) is 2.06. The first-order valence-electron chi connectivity index (χ1n) is 8.23. The molecule has 6 nitrogen and oxygen atoms in total. The van der Waals surface area contributed by atoms with Crippen LogP contribution in [0.3, 0.4) is 0 Å². The Kier molecular flexibility index (Phi) is 4.36. The summed E-state index contributed by atoms with van der Waals surface area (Å²) in [6, 6.07) is 2.20. The van der Waals surface area contributed by atoms with Crippen LogP contribution in [0, 0.1) is 6.92 Å². The monoisotopic (exact) mass is 340 g/mol. The number of aromatic amines is 1. The van der Waals surface area contributed by atoms with E-state index in [9.17, 15) is 0 Å². The first kappa shape index (κ1) is 15.4. The molecule has 1 saturated heterocycles. The van der Waals surface area contributed by atoms with E-state index in [1.54, 1.807) is 18.6 Å². The zero-order valence-electron chi connectivity index (χ0n) is 13.6. The van der Waals surface area contributed by atoms with Crippen LogP contribution < -0.4 is 0 Å². The Bertz CT molecular complexity index is 788. The fraction of sp³-hybridized carbons (Fsp3) is 0.412. The third kappa shape index (κ3) is 3.22. The van der Waals surface area contributed by atoms with E-state index < -0.39 is 0 Å². The number of hydrogen-bond donors (Lipinski definition) is 1. The standard InChI is InChI=1S/C17H20N6S/c1-12-4-9-24-15(12)11-23-7-2-13(3-8-23)16-20-17(22-21-16)14-10-18-5-6-19-14/h4-6,9-10,13H,2-3,7-8,11H2,1H3,(H,20,21,22). The highest BCUT2D eigenvalue weighted by Crippen LogP contribution is 2.28. The van der Waals surface area contributed by atoms with Crippen molar-refractivity contribution in [3.05, 3.63) is 46.3 Å². The minimum Gasteiger partial charge on any atom is -0.298 e. The van der Waals surface area contributed by atoms with Crippen molar-refractivity contribution in [1.82, 2.24) is 30.0 Å². The topological polar surface area (TPSA) is 70.6 Å². The van der Waals surface area contributed by atoms with Gasteiger partial charge in [-0.1, -0.05) is 0 Å². The van der Waals surface area contributed by atoms with Crippen LogP contribution in [0.4, 0.5) is 0 Å². The molecule has 0 spiro atoms. The lowest BCUT2D eigenvalue weighted by Crippen LogP contribution is -2.32. The lowest BCUT2D eigenvalue weighted by Gasteiger charge is -2.30. The molecule has 0 bridgehead atoms.